The van der Waals surface area contributed by atoms with Gasteiger partial charge in [0, 0.05) is 15.1 Å². The molecular weight excluding hydrogens is 423 g/mol. The van der Waals surface area contributed by atoms with E-state index in [4.69, 9.17) is 21.1 Å². The third-order valence-electron chi connectivity index (χ3n) is 2.89. The van der Waals surface area contributed by atoms with E-state index in [9.17, 15) is 4.79 Å². The molecule has 110 valence electrons. The average molecular weight is 435 g/mol. The molecule has 0 aliphatic rings. The third kappa shape index (κ3) is 3.42. The first-order chi connectivity index (χ1) is 9.97. The number of halogens is 3. The first kappa shape index (κ1) is 16.3. The Bertz CT molecular complexity index is 702. The minimum absolute atomic E-state index is 0.179. The average Bonchev–Trinajstić information content (AvgIpc) is 2.46. The molecule has 21 heavy (non-hydrogen) atoms. The Labute approximate surface area is 144 Å². The number of carbonyl (C=O) groups is 1. The third-order valence-corrected chi connectivity index (χ3v) is 4.41. The van der Waals surface area contributed by atoms with Crippen molar-refractivity contribution in [2.75, 3.05) is 14.2 Å². The highest BCUT2D eigenvalue weighted by Gasteiger charge is 2.19. The molecule has 0 spiro atoms. The van der Waals surface area contributed by atoms with Gasteiger partial charge < -0.3 is 9.47 Å². The lowest BCUT2D eigenvalue weighted by Gasteiger charge is -2.12. The second-order valence-electron chi connectivity index (χ2n) is 4.14. The van der Waals surface area contributed by atoms with Gasteiger partial charge in [0.2, 0.25) is 0 Å². The van der Waals surface area contributed by atoms with Gasteiger partial charge in [0.1, 0.15) is 11.5 Å². The smallest absolute Gasteiger partial charge is 0.198 e. The first-order valence-corrected chi connectivity index (χ1v) is 7.85. The fourth-order valence-corrected chi connectivity index (χ4v) is 3.20. The van der Waals surface area contributed by atoms with Crippen LogP contribution in [0.3, 0.4) is 0 Å². The number of rotatable bonds is 4. The lowest BCUT2D eigenvalue weighted by molar-refractivity contribution is 0.103. The van der Waals surface area contributed by atoms with Crippen LogP contribution in [0.15, 0.2) is 39.3 Å². The van der Waals surface area contributed by atoms with Gasteiger partial charge in [0.05, 0.1) is 24.3 Å². The molecule has 0 aliphatic heterocycles. The van der Waals surface area contributed by atoms with Gasteiger partial charge in [-0.25, -0.2) is 0 Å². The van der Waals surface area contributed by atoms with E-state index in [-0.39, 0.29) is 5.78 Å². The Kier molecular flexibility index (Phi) is 5.30. The zero-order valence-corrected chi connectivity index (χ0v) is 15.2. The molecule has 0 radical (unpaired) electrons. The van der Waals surface area contributed by atoms with E-state index in [1.165, 1.54) is 7.11 Å². The Morgan fingerprint density at radius 2 is 1.62 bits per heavy atom. The number of hydrogen-bond acceptors (Lipinski definition) is 3. The molecule has 0 fully saturated rings. The van der Waals surface area contributed by atoms with Crippen molar-refractivity contribution in [3.05, 3.63) is 55.4 Å². The molecular formula is C15H11Br2ClO3. The lowest BCUT2D eigenvalue weighted by atomic mass is 10.0. The predicted octanol–water partition coefficient (Wildman–Crippen LogP) is 5.11. The van der Waals surface area contributed by atoms with Gasteiger partial charge in [-0.2, -0.15) is 0 Å². The summed E-state index contributed by atoms with van der Waals surface area (Å²) >= 11 is 12.6. The van der Waals surface area contributed by atoms with Crippen LogP contribution in [-0.4, -0.2) is 20.0 Å². The number of hydrogen-bond donors (Lipinski definition) is 0. The molecule has 0 heterocycles. The summed E-state index contributed by atoms with van der Waals surface area (Å²) in [5, 5.41) is 0.554. The summed E-state index contributed by atoms with van der Waals surface area (Å²) in [7, 11) is 3.06. The molecule has 0 N–H and O–H groups in total. The summed E-state index contributed by atoms with van der Waals surface area (Å²) in [6, 6.07) is 8.37. The number of ketones is 1. The molecule has 6 heteroatoms. The SMILES string of the molecule is COc1cc(C(=O)c2ccc(Cl)cc2Br)c(OC)cc1Br. The summed E-state index contributed by atoms with van der Waals surface area (Å²) in [4.78, 5) is 12.7. The monoisotopic (exact) mass is 432 g/mol. The molecule has 2 rings (SSSR count). The fourth-order valence-electron chi connectivity index (χ4n) is 1.86. The van der Waals surface area contributed by atoms with Crippen molar-refractivity contribution >= 4 is 49.2 Å². The van der Waals surface area contributed by atoms with Crippen LogP contribution in [0.5, 0.6) is 11.5 Å². The first-order valence-electron chi connectivity index (χ1n) is 5.89. The fraction of sp³-hybridized carbons (Fsp3) is 0.133. The van der Waals surface area contributed by atoms with Gasteiger partial charge in [-0.1, -0.05) is 11.6 Å². The maximum atomic E-state index is 12.7. The van der Waals surface area contributed by atoms with Gasteiger partial charge in [-0.15, -0.1) is 0 Å². The molecule has 0 saturated carbocycles. The standard InChI is InChI=1S/C15H11Br2ClO3/c1-20-13-7-12(17)14(21-2)6-10(13)15(19)9-4-3-8(18)5-11(9)16/h3-7H,1-2H3. The summed E-state index contributed by atoms with van der Waals surface area (Å²) < 4.78 is 11.9. The van der Waals surface area contributed by atoms with Crippen molar-refractivity contribution in [1.29, 1.82) is 0 Å². The van der Waals surface area contributed by atoms with Crippen LogP contribution in [0.2, 0.25) is 5.02 Å². The Morgan fingerprint density at radius 3 is 2.19 bits per heavy atom. The van der Waals surface area contributed by atoms with Gasteiger partial charge in [0.15, 0.2) is 5.78 Å². The van der Waals surface area contributed by atoms with Crippen molar-refractivity contribution in [2.45, 2.75) is 0 Å². The van der Waals surface area contributed by atoms with E-state index in [0.29, 0.717) is 36.6 Å². The van der Waals surface area contributed by atoms with Gasteiger partial charge >= 0.3 is 0 Å². The molecule has 0 saturated heterocycles. The molecule has 0 atom stereocenters. The highest BCUT2D eigenvalue weighted by molar-refractivity contribution is 9.10. The van der Waals surface area contributed by atoms with E-state index in [2.05, 4.69) is 31.9 Å². The van der Waals surface area contributed by atoms with Crippen LogP contribution in [0, 0.1) is 0 Å². The molecule has 0 bridgehead atoms. The lowest BCUT2D eigenvalue weighted by Crippen LogP contribution is -2.05. The molecule has 0 aromatic heterocycles. The molecule has 2 aromatic rings. The van der Waals surface area contributed by atoms with Crippen molar-refractivity contribution in [2.24, 2.45) is 0 Å². The van der Waals surface area contributed by atoms with E-state index in [1.807, 2.05) is 0 Å². The minimum atomic E-state index is -0.179. The summed E-state index contributed by atoms with van der Waals surface area (Å²) in [6.45, 7) is 0. The number of ether oxygens (including phenoxy) is 2. The molecule has 0 unspecified atom stereocenters. The summed E-state index contributed by atoms with van der Waals surface area (Å²) in [5.41, 5.74) is 0.919. The maximum Gasteiger partial charge on any atom is 0.198 e. The largest absolute Gasteiger partial charge is 0.496 e. The number of methoxy groups -OCH3 is 2. The zero-order chi connectivity index (χ0) is 15.6. The summed E-state index contributed by atoms with van der Waals surface area (Å²) in [6.07, 6.45) is 0. The van der Waals surface area contributed by atoms with Crippen molar-refractivity contribution in [3.63, 3.8) is 0 Å². The van der Waals surface area contributed by atoms with Gasteiger partial charge in [-0.3, -0.25) is 4.79 Å². The molecule has 0 amide bonds. The topological polar surface area (TPSA) is 35.5 Å². The van der Waals surface area contributed by atoms with E-state index in [0.717, 1.165) is 0 Å². The van der Waals surface area contributed by atoms with Crippen molar-refractivity contribution in [3.8, 4) is 11.5 Å². The van der Waals surface area contributed by atoms with Crippen LogP contribution in [0.4, 0.5) is 0 Å². The van der Waals surface area contributed by atoms with Crippen LogP contribution >= 0.6 is 43.5 Å². The minimum Gasteiger partial charge on any atom is -0.496 e. The Hall–Kier alpha value is -1.04. The van der Waals surface area contributed by atoms with E-state index in [1.54, 1.807) is 37.4 Å². The second-order valence-corrected chi connectivity index (χ2v) is 6.29. The Balaban J connectivity index is 2.56. The quantitative estimate of drug-likeness (QED) is 0.627. The van der Waals surface area contributed by atoms with E-state index < -0.39 is 0 Å². The van der Waals surface area contributed by atoms with Crippen LogP contribution < -0.4 is 9.47 Å². The second kappa shape index (κ2) is 6.81. The summed E-state index contributed by atoms with van der Waals surface area (Å²) in [5.74, 6) is 0.847. The van der Waals surface area contributed by atoms with Crippen molar-refractivity contribution < 1.29 is 14.3 Å². The van der Waals surface area contributed by atoms with Crippen LogP contribution in [0.1, 0.15) is 15.9 Å². The van der Waals surface area contributed by atoms with Crippen LogP contribution in [-0.2, 0) is 0 Å². The predicted molar refractivity (Wildman–Crippen MR) is 89.8 cm³/mol. The maximum absolute atomic E-state index is 12.7. The molecule has 3 nitrogen and oxygen atoms in total. The zero-order valence-electron chi connectivity index (χ0n) is 11.2. The Morgan fingerprint density at radius 1 is 0.952 bits per heavy atom. The number of carbonyl (C=O) groups excluding carboxylic acids is 1. The normalized spacial score (nSPS) is 10.3. The highest BCUT2D eigenvalue weighted by atomic mass is 79.9. The highest BCUT2D eigenvalue weighted by Crippen LogP contribution is 2.35. The van der Waals surface area contributed by atoms with Gasteiger partial charge in [0.25, 0.3) is 0 Å². The molecule has 2 aromatic carbocycles. The molecule has 0 aliphatic carbocycles. The van der Waals surface area contributed by atoms with Crippen molar-refractivity contribution in [1.82, 2.24) is 0 Å². The van der Waals surface area contributed by atoms with Crippen LogP contribution in [0.25, 0.3) is 0 Å². The van der Waals surface area contributed by atoms with E-state index >= 15 is 0 Å². The number of benzene rings is 2. The van der Waals surface area contributed by atoms with Gasteiger partial charge in [-0.05, 0) is 62.2 Å².